The molecule has 0 aliphatic rings. The predicted octanol–water partition coefficient (Wildman–Crippen LogP) is 2.65. The van der Waals surface area contributed by atoms with Gasteiger partial charge >= 0.3 is 12.6 Å². The minimum Gasteiger partial charge on any atom is -0.495 e. The van der Waals surface area contributed by atoms with Crippen LogP contribution in [0, 0.1) is 0 Å². The smallest absolute Gasteiger partial charge is 0.319 e. The van der Waals surface area contributed by atoms with Crippen LogP contribution in [-0.2, 0) is 6.42 Å². The fourth-order valence-electron chi connectivity index (χ4n) is 1.92. The molecule has 2 aromatic rings. The molecule has 0 fully saturated rings. The van der Waals surface area contributed by atoms with E-state index in [0.29, 0.717) is 11.4 Å². The van der Waals surface area contributed by atoms with E-state index in [4.69, 9.17) is 4.74 Å². The molecule has 2 amide bonds. The van der Waals surface area contributed by atoms with E-state index in [1.54, 1.807) is 24.3 Å². The van der Waals surface area contributed by atoms with E-state index in [2.05, 4.69) is 15.6 Å². The van der Waals surface area contributed by atoms with Crippen LogP contribution in [0.15, 0.2) is 36.7 Å². The Labute approximate surface area is 126 Å². The third kappa shape index (κ3) is 3.94. The Hall–Kier alpha value is -2.64. The molecule has 1 aromatic heterocycles. The lowest BCUT2D eigenvalue weighted by atomic mass is 10.3. The molecule has 2 N–H and O–H groups in total. The molecule has 0 saturated heterocycles. The minimum absolute atomic E-state index is 0.185. The lowest BCUT2D eigenvalue weighted by Gasteiger charge is -2.11. The standard InChI is InChI=1S/C14H16F2N4O2/c1-22-11-5-3-2-4-10(11)19-14(21)18-7-6-12-17-8-9-20(12)13(15)16/h2-5,8-9,13H,6-7H2,1H3,(H2,18,19,21). The highest BCUT2D eigenvalue weighted by atomic mass is 19.3. The molecule has 6 nitrogen and oxygen atoms in total. The third-order valence-electron chi connectivity index (χ3n) is 2.95. The van der Waals surface area contributed by atoms with Gasteiger partial charge in [0.05, 0.1) is 12.8 Å². The average molecular weight is 310 g/mol. The number of carbonyl (C=O) groups is 1. The summed E-state index contributed by atoms with van der Waals surface area (Å²) in [5.41, 5.74) is 0.525. The van der Waals surface area contributed by atoms with Crippen LogP contribution in [-0.4, -0.2) is 29.2 Å². The number of urea groups is 1. The topological polar surface area (TPSA) is 68.2 Å². The number of para-hydroxylation sites is 2. The Morgan fingerprint density at radius 1 is 1.41 bits per heavy atom. The van der Waals surface area contributed by atoms with Gasteiger partial charge < -0.3 is 15.4 Å². The first kappa shape index (κ1) is 15.7. The van der Waals surface area contributed by atoms with Crippen molar-refractivity contribution < 1.29 is 18.3 Å². The molecule has 1 aromatic carbocycles. The zero-order valence-electron chi connectivity index (χ0n) is 11.9. The van der Waals surface area contributed by atoms with Gasteiger partial charge in [-0.3, -0.25) is 4.57 Å². The summed E-state index contributed by atoms with van der Waals surface area (Å²) >= 11 is 0. The van der Waals surface area contributed by atoms with Gasteiger partial charge in [0.1, 0.15) is 11.6 Å². The van der Waals surface area contributed by atoms with Crippen molar-refractivity contribution in [2.45, 2.75) is 13.0 Å². The van der Waals surface area contributed by atoms with E-state index in [1.807, 2.05) is 0 Å². The highest BCUT2D eigenvalue weighted by molar-refractivity contribution is 5.90. The Balaban J connectivity index is 1.84. The van der Waals surface area contributed by atoms with E-state index in [0.717, 1.165) is 4.57 Å². The number of anilines is 1. The number of nitrogens with zero attached hydrogens (tertiary/aromatic N) is 2. The van der Waals surface area contributed by atoms with Crippen LogP contribution in [0.25, 0.3) is 0 Å². The Morgan fingerprint density at radius 2 is 2.18 bits per heavy atom. The molecule has 22 heavy (non-hydrogen) atoms. The number of ether oxygens (including phenoxy) is 1. The van der Waals surface area contributed by atoms with Crippen molar-refractivity contribution in [2.75, 3.05) is 19.0 Å². The first-order chi connectivity index (χ1) is 10.6. The molecule has 8 heteroatoms. The molecule has 0 bridgehead atoms. The first-order valence-corrected chi connectivity index (χ1v) is 6.59. The van der Waals surface area contributed by atoms with Gasteiger partial charge in [0.25, 0.3) is 0 Å². The third-order valence-corrected chi connectivity index (χ3v) is 2.95. The van der Waals surface area contributed by atoms with Crippen LogP contribution in [0.2, 0.25) is 0 Å². The molecule has 0 aliphatic carbocycles. The monoisotopic (exact) mass is 310 g/mol. The number of carbonyl (C=O) groups excluding carboxylic acids is 1. The largest absolute Gasteiger partial charge is 0.495 e. The number of imidazole rings is 1. The molecular weight excluding hydrogens is 294 g/mol. The fourth-order valence-corrected chi connectivity index (χ4v) is 1.92. The number of hydrogen-bond acceptors (Lipinski definition) is 3. The molecule has 1 heterocycles. The molecule has 0 atom stereocenters. The highest BCUT2D eigenvalue weighted by Gasteiger charge is 2.11. The summed E-state index contributed by atoms with van der Waals surface area (Å²) in [5.74, 6) is 0.749. The zero-order valence-corrected chi connectivity index (χ0v) is 11.9. The van der Waals surface area contributed by atoms with Crippen molar-refractivity contribution in [1.82, 2.24) is 14.9 Å². The van der Waals surface area contributed by atoms with Crippen LogP contribution < -0.4 is 15.4 Å². The second kappa shape index (κ2) is 7.39. The maximum Gasteiger partial charge on any atom is 0.319 e. The van der Waals surface area contributed by atoms with E-state index in [1.165, 1.54) is 19.5 Å². The van der Waals surface area contributed by atoms with Gasteiger partial charge in [0.2, 0.25) is 0 Å². The molecule has 0 aliphatic heterocycles. The lowest BCUT2D eigenvalue weighted by molar-refractivity contribution is 0.0670. The summed E-state index contributed by atoms with van der Waals surface area (Å²) in [6.07, 6.45) is 2.71. The Kier molecular flexibility index (Phi) is 5.29. The number of methoxy groups -OCH3 is 1. The average Bonchev–Trinajstić information content (AvgIpc) is 2.96. The van der Waals surface area contributed by atoms with Crippen LogP contribution in [0.4, 0.5) is 19.3 Å². The van der Waals surface area contributed by atoms with Gasteiger partial charge in [-0.15, -0.1) is 0 Å². The van der Waals surface area contributed by atoms with Gasteiger partial charge in [0, 0.05) is 25.4 Å². The maximum absolute atomic E-state index is 12.6. The summed E-state index contributed by atoms with van der Waals surface area (Å²) in [4.78, 5) is 15.6. The summed E-state index contributed by atoms with van der Waals surface area (Å²) in [5, 5.41) is 5.21. The van der Waals surface area contributed by atoms with Gasteiger partial charge in [-0.25, -0.2) is 9.78 Å². The molecule has 118 valence electrons. The van der Waals surface area contributed by atoms with Gasteiger partial charge in [-0.05, 0) is 12.1 Å². The van der Waals surface area contributed by atoms with Crippen molar-refractivity contribution >= 4 is 11.7 Å². The van der Waals surface area contributed by atoms with Gasteiger partial charge in [0.15, 0.2) is 0 Å². The second-order valence-corrected chi connectivity index (χ2v) is 4.36. The quantitative estimate of drug-likeness (QED) is 0.862. The van der Waals surface area contributed by atoms with Crippen molar-refractivity contribution in [3.63, 3.8) is 0 Å². The van der Waals surface area contributed by atoms with E-state index >= 15 is 0 Å². The molecule has 0 unspecified atom stereocenters. The van der Waals surface area contributed by atoms with Crippen molar-refractivity contribution in [3.8, 4) is 5.75 Å². The van der Waals surface area contributed by atoms with E-state index in [-0.39, 0.29) is 18.8 Å². The second-order valence-electron chi connectivity index (χ2n) is 4.36. The number of benzene rings is 1. The minimum atomic E-state index is -2.64. The van der Waals surface area contributed by atoms with Crippen LogP contribution in [0.1, 0.15) is 12.4 Å². The van der Waals surface area contributed by atoms with Gasteiger partial charge in [-0.2, -0.15) is 8.78 Å². The van der Waals surface area contributed by atoms with Crippen LogP contribution in [0.5, 0.6) is 5.75 Å². The summed E-state index contributed by atoms with van der Waals surface area (Å²) in [6.45, 7) is -2.45. The fraction of sp³-hybridized carbons (Fsp3) is 0.286. The Morgan fingerprint density at radius 3 is 2.91 bits per heavy atom. The van der Waals surface area contributed by atoms with Gasteiger partial charge in [-0.1, -0.05) is 12.1 Å². The number of nitrogens with one attached hydrogen (secondary N) is 2. The Bertz CT molecular complexity index is 631. The maximum atomic E-state index is 12.6. The zero-order chi connectivity index (χ0) is 15.9. The number of hydrogen-bond donors (Lipinski definition) is 2. The number of aromatic nitrogens is 2. The molecule has 2 rings (SSSR count). The van der Waals surface area contributed by atoms with Crippen LogP contribution in [0.3, 0.4) is 0 Å². The molecule has 0 spiro atoms. The van der Waals surface area contributed by atoms with Crippen LogP contribution >= 0.6 is 0 Å². The molecule has 0 radical (unpaired) electrons. The number of halogens is 2. The summed E-state index contributed by atoms with van der Waals surface area (Å²) in [6, 6.07) is 6.51. The van der Waals surface area contributed by atoms with Crippen molar-refractivity contribution in [1.29, 1.82) is 0 Å². The summed E-state index contributed by atoms with van der Waals surface area (Å²) < 4.78 is 31.1. The SMILES string of the molecule is COc1ccccc1NC(=O)NCCc1nccn1C(F)F. The molecular formula is C14H16F2N4O2. The highest BCUT2D eigenvalue weighted by Crippen LogP contribution is 2.22. The summed E-state index contributed by atoms with van der Waals surface area (Å²) in [7, 11) is 1.50. The number of amides is 2. The lowest BCUT2D eigenvalue weighted by Crippen LogP contribution is -2.31. The van der Waals surface area contributed by atoms with Crippen molar-refractivity contribution in [2.24, 2.45) is 0 Å². The number of alkyl halides is 2. The van der Waals surface area contributed by atoms with E-state index < -0.39 is 12.6 Å². The predicted molar refractivity (Wildman–Crippen MR) is 77.2 cm³/mol. The first-order valence-electron chi connectivity index (χ1n) is 6.59. The normalized spacial score (nSPS) is 10.5. The van der Waals surface area contributed by atoms with Crippen molar-refractivity contribution in [3.05, 3.63) is 42.5 Å². The number of rotatable bonds is 6. The van der Waals surface area contributed by atoms with E-state index in [9.17, 15) is 13.6 Å². The molecule has 0 saturated carbocycles.